The third kappa shape index (κ3) is 5.75. The van der Waals surface area contributed by atoms with Crippen LogP contribution in [0.4, 0.5) is 5.69 Å². The Morgan fingerprint density at radius 1 is 1.35 bits per heavy atom. The molecule has 1 aliphatic rings. The normalized spacial score (nSPS) is 14.2. The Kier molecular flexibility index (Phi) is 8.48. The maximum absolute atomic E-state index is 11.7. The maximum atomic E-state index is 11.7. The lowest BCUT2D eigenvalue weighted by Crippen LogP contribution is -2.37. The summed E-state index contributed by atoms with van der Waals surface area (Å²) < 4.78 is 0. The molecule has 0 radical (unpaired) electrons. The standard InChI is InChI=1S/C17H22N4O.HI/c1-3-11-19-17(18-4-2)20-13-14-7-9-15(10-8-14)21-12-5-6-16(21)22;/h1,7-10H,4-6,11-13H2,2H3,(H2,18,19,20);1H. The summed E-state index contributed by atoms with van der Waals surface area (Å²) in [6, 6.07) is 7.98. The van der Waals surface area contributed by atoms with Gasteiger partial charge in [-0.05, 0) is 31.0 Å². The van der Waals surface area contributed by atoms with Crippen LogP contribution < -0.4 is 15.5 Å². The lowest BCUT2D eigenvalue weighted by molar-refractivity contribution is -0.117. The van der Waals surface area contributed by atoms with E-state index in [1.54, 1.807) is 0 Å². The fourth-order valence-corrected chi connectivity index (χ4v) is 2.35. The number of aliphatic imine (C=N–C) groups is 1. The summed E-state index contributed by atoms with van der Waals surface area (Å²) >= 11 is 0. The van der Waals surface area contributed by atoms with Crippen molar-refractivity contribution < 1.29 is 4.79 Å². The molecule has 0 spiro atoms. The molecule has 0 unspecified atom stereocenters. The van der Waals surface area contributed by atoms with Crippen molar-refractivity contribution in [2.45, 2.75) is 26.3 Å². The average molecular weight is 426 g/mol. The second-order valence-electron chi connectivity index (χ2n) is 5.07. The number of halogens is 1. The highest BCUT2D eigenvalue weighted by Crippen LogP contribution is 2.21. The van der Waals surface area contributed by atoms with Gasteiger partial charge in [-0.1, -0.05) is 18.1 Å². The largest absolute Gasteiger partial charge is 0.357 e. The number of terminal acetylenes is 1. The van der Waals surface area contributed by atoms with Crippen molar-refractivity contribution in [3.63, 3.8) is 0 Å². The number of nitrogens with zero attached hydrogens (tertiary/aromatic N) is 2. The number of carbonyl (C=O) groups is 1. The SMILES string of the molecule is C#CCNC(=NCc1ccc(N2CCCC2=O)cc1)NCC.I. The Hall–Kier alpha value is -1.75. The molecule has 1 aromatic carbocycles. The second-order valence-corrected chi connectivity index (χ2v) is 5.07. The topological polar surface area (TPSA) is 56.7 Å². The van der Waals surface area contributed by atoms with Gasteiger partial charge in [0.15, 0.2) is 5.96 Å². The van der Waals surface area contributed by atoms with Gasteiger partial charge in [0.2, 0.25) is 5.91 Å². The zero-order valence-electron chi connectivity index (χ0n) is 13.3. The van der Waals surface area contributed by atoms with Crippen molar-refractivity contribution in [1.82, 2.24) is 10.6 Å². The number of hydrogen-bond donors (Lipinski definition) is 2. The van der Waals surface area contributed by atoms with Crippen LogP contribution in [-0.4, -0.2) is 31.5 Å². The molecule has 1 heterocycles. The van der Waals surface area contributed by atoms with Crippen molar-refractivity contribution in [2.75, 3.05) is 24.5 Å². The number of anilines is 1. The van der Waals surface area contributed by atoms with E-state index in [1.165, 1.54) is 0 Å². The van der Waals surface area contributed by atoms with Crippen molar-refractivity contribution in [1.29, 1.82) is 0 Å². The first-order valence-electron chi connectivity index (χ1n) is 7.59. The first-order chi connectivity index (χ1) is 10.7. The minimum absolute atomic E-state index is 0. The molecule has 0 bridgehead atoms. The van der Waals surface area contributed by atoms with E-state index < -0.39 is 0 Å². The van der Waals surface area contributed by atoms with Gasteiger partial charge in [0.1, 0.15) is 0 Å². The Labute approximate surface area is 154 Å². The predicted molar refractivity (Wildman–Crippen MR) is 105 cm³/mol. The van der Waals surface area contributed by atoms with E-state index in [4.69, 9.17) is 6.42 Å². The smallest absolute Gasteiger partial charge is 0.227 e. The van der Waals surface area contributed by atoms with Crippen LogP contribution in [0.15, 0.2) is 29.3 Å². The number of rotatable bonds is 5. The molecule has 23 heavy (non-hydrogen) atoms. The Morgan fingerprint density at radius 2 is 2.09 bits per heavy atom. The Morgan fingerprint density at radius 3 is 2.65 bits per heavy atom. The summed E-state index contributed by atoms with van der Waals surface area (Å²) in [6.07, 6.45) is 6.83. The van der Waals surface area contributed by atoms with E-state index in [-0.39, 0.29) is 29.9 Å². The quantitative estimate of drug-likeness (QED) is 0.328. The molecular weight excluding hydrogens is 403 g/mol. The highest BCUT2D eigenvalue weighted by atomic mass is 127. The second kappa shape index (κ2) is 10.1. The van der Waals surface area contributed by atoms with Crippen molar-refractivity contribution >= 4 is 41.5 Å². The zero-order valence-corrected chi connectivity index (χ0v) is 15.7. The molecule has 1 amide bonds. The summed E-state index contributed by atoms with van der Waals surface area (Å²) in [5.41, 5.74) is 2.06. The van der Waals surface area contributed by atoms with Crippen LogP contribution in [0.2, 0.25) is 0 Å². The van der Waals surface area contributed by atoms with Crippen LogP contribution in [-0.2, 0) is 11.3 Å². The summed E-state index contributed by atoms with van der Waals surface area (Å²) in [5, 5.41) is 6.19. The van der Waals surface area contributed by atoms with Gasteiger partial charge >= 0.3 is 0 Å². The fraction of sp³-hybridized carbons (Fsp3) is 0.412. The molecule has 1 fully saturated rings. The fourth-order valence-electron chi connectivity index (χ4n) is 2.35. The number of hydrogen-bond acceptors (Lipinski definition) is 2. The molecule has 0 atom stereocenters. The molecule has 0 saturated carbocycles. The van der Waals surface area contributed by atoms with Gasteiger partial charge < -0.3 is 15.5 Å². The molecule has 0 aromatic heterocycles. The van der Waals surface area contributed by atoms with Crippen molar-refractivity contribution in [3.05, 3.63) is 29.8 Å². The summed E-state index contributed by atoms with van der Waals surface area (Å²) in [7, 11) is 0. The van der Waals surface area contributed by atoms with E-state index in [0.29, 0.717) is 25.5 Å². The summed E-state index contributed by atoms with van der Waals surface area (Å²) in [5.74, 6) is 3.44. The number of guanidine groups is 1. The Bertz CT molecular complexity index is 577. The van der Waals surface area contributed by atoms with Gasteiger partial charge in [-0.2, -0.15) is 0 Å². The summed E-state index contributed by atoms with van der Waals surface area (Å²) in [6.45, 7) is 4.62. The molecule has 124 valence electrons. The highest BCUT2D eigenvalue weighted by molar-refractivity contribution is 14.0. The number of nitrogens with one attached hydrogen (secondary N) is 2. The van der Waals surface area contributed by atoms with Crippen LogP contribution in [0.25, 0.3) is 0 Å². The van der Waals surface area contributed by atoms with Gasteiger partial charge in [-0.25, -0.2) is 4.99 Å². The van der Waals surface area contributed by atoms with Crippen LogP contribution in [0.1, 0.15) is 25.3 Å². The number of carbonyl (C=O) groups excluding carboxylic acids is 1. The first kappa shape index (κ1) is 19.3. The van der Waals surface area contributed by atoms with Crippen LogP contribution in [0, 0.1) is 12.3 Å². The van der Waals surface area contributed by atoms with Crippen LogP contribution in [0.3, 0.4) is 0 Å². The van der Waals surface area contributed by atoms with Crippen LogP contribution >= 0.6 is 24.0 Å². The van der Waals surface area contributed by atoms with E-state index in [1.807, 2.05) is 36.1 Å². The molecule has 0 aliphatic carbocycles. The predicted octanol–water partition coefficient (Wildman–Crippen LogP) is 2.12. The van der Waals surface area contributed by atoms with E-state index >= 15 is 0 Å². The first-order valence-corrected chi connectivity index (χ1v) is 7.59. The average Bonchev–Trinajstić information content (AvgIpc) is 2.97. The third-order valence-corrected chi connectivity index (χ3v) is 3.44. The van der Waals surface area contributed by atoms with Gasteiger partial charge in [-0.15, -0.1) is 30.4 Å². The van der Waals surface area contributed by atoms with Gasteiger partial charge in [-0.3, -0.25) is 4.79 Å². The third-order valence-electron chi connectivity index (χ3n) is 3.44. The van der Waals surface area contributed by atoms with Crippen molar-refractivity contribution in [2.24, 2.45) is 4.99 Å². The van der Waals surface area contributed by atoms with Gasteiger partial charge in [0.25, 0.3) is 0 Å². The van der Waals surface area contributed by atoms with E-state index in [2.05, 4.69) is 21.5 Å². The molecule has 6 heteroatoms. The molecule has 2 rings (SSSR count). The lowest BCUT2D eigenvalue weighted by atomic mass is 10.2. The van der Waals surface area contributed by atoms with Gasteiger partial charge in [0, 0.05) is 25.2 Å². The maximum Gasteiger partial charge on any atom is 0.227 e. The minimum Gasteiger partial charge on any atom is -0.357 e. The molecule has 1 aliphatic heterocycles. The van der Waals surface area contributed by atoms with E-state index in [9.17, 15) is 4.79 Å². The van der Waals surface area contributed by atoms with Crippen LogP contribution in [0.5, 0.6) is 0 Å². The van der Waals surface area contributed by atoms with E-state index in [0.717, 1.165) is 30.8 Å². The molecule has 1 aromatic rings. The molecule has 2 N–H and O–H groups in total. The Balaban J connectivity index is 0.00000264. The number of benzene rings is 1. The molecule has 5 nitrogen and oxygen atoms in total. The highest BCUT2D eigenvalue weighted by Gasteiger charge is 2.21. The molecular formula is C17H23IN4O. The van der Waals surface area contributed by atoms with Gasteiger partial charge in [0.05, 0.1) is 13.1 Å². The summed E-state index contributed by atoms with van der Waals surface area (Å²) in [4.78, 5) is 18.0. The molecule has 1 saturated heterocycles. The lowest BCUT2D eigenvalue weighted by Gasteiger charge is -2.15. The minimum atomic E-state index is 0. The monoisotopic (exact) mass is 426 g/mol. The number of amides is 1. The van der Waals surface area contributed by atoms with Crippen molar-refractivity contribution in [3.8, 4) is 12.3 Å². The zero-order chi connectivity index (χ0) is 15.8.